The highest BCUT2D eigenvalue weighted by molar-refractivity contribution is 5.94. The number of nitrogen functional groups attached to an aromatic ring is 2. The summed E-state index contributed by atoms with van der Waals surface area (Å²) in [5, 5.41) is 2.27. The second kappa shape index (κ2) is 8.39. The summed E-state index contributed by atoms with van der Waals surface area (Å²) in [4.78, 5) is 0. The van der Waals surface area contributed by atoms with Crippen LogP contribution in [0.2, 0.25) is 0 Å². The molecule has 0 spiro atoms. The van der Waals surface area contributed by atoms with Gasteiger partial charge in [0, 0.05) is 23.2 Å². The van der Waals surface area contributed by atoms with Crippen LogP contribution in [0.3, 0.4) is 0 Å². The third-order valence-corrected chi connectivity index (χ3v) is 4.37. The van der Waals surface area contributed by atoms with Crippen LogP contribution in [0.5, 0.6) is 0 Å². The summed E-state index contributed by atoms with van der Waals surface area (Å²) in [7, 11) is 0. The highest BCUT2D eigenvalue weighted by atomic mass is 14.6. The van der Waals surface area contributed by atoms with Gasteiger partial charge in [-0.3, -0.25) is 0 Å². The number of fused-ring (bicyclic) bond motifs is 1. The van der Waals surface area contributed by atoms with E-state index in [2.05, 4.69) is 49.4 Å². The molecule has 0 bridgehead atoms. The smallest absolute Gasteiger partial charge is 0.0429 e. The zero-order chi connectivity index (χ0) is 18.4. The van der Waals surface area contributed by atoms with Gasteiger partial charge in [-0.2, -0.15) is 0 Å². The highest BCUT2D eigenvalue weighted by Gasteiger charge is 2.11. The van der Waals surface area contributed by atoms with E-state index in [0.29, 0.717) is 0 Å². The molecular weight excluding hydrogens is 304 g/mol. The number of rotatable bonds is 3. The lowest BCUT2D eigenvalue weighted by atomic mass is 9.92. The summed E-state index contributed by atoms with van der Waals surface area (Å²) in [5.74, 6) is 0. The maximum absolute atomic E-state index is 6.42. The second-order valence-electron chi connectivity index (χ2n) is 5.90. The number of benzene rings is 3. The molecule has 130 valence electrons. The molecule has 0 radical (unpaired) electrons. The van der Waals surface area contributed by atoms with Crippen molar-refractivity contribution < 1.29 is 0 Å². The summed E-state index contributed by atoms with van der Waals surface area (Å²) >= 11 is 0. The van der Waals surface area contributed by atoms with Crippen molar-refractivity contribution in [3.63, 3.8) is 0 Å². The van der Waals surface area contributed by atoms with Crippen molar-refractivity contribution in [3.05, 3.63) is 76.9 Å². The molecule has 0 atom stereocenters. The minimum Gasteiger partial charge on any atom is -0.398 e. The molecule has 0 unspecified atom stereocenters. The van der Waals surface area contributed by atoms with Gasteiger partial charge in [0.05, 0.1) is 0 Å². The molecule has 0 fully saturated rings. The standard InChI is InChI=1S/C21H22N2.C2H6/c1-3-6-17-14(2)9-12-20(22)19(17)13-16-11-10-15-7-4-5-8-18(15)21(16)23;1-2/h3-12H,13,22-23H2,1-2H3;1-2H3/b6-3-;. The average molecular weight is 332 g/mol. The predicted molar refractivity (Wildman–Crippen MR) is 113 cm³/mol. The molecule has 0 saturated heterocycles. The first-order valence-electron chi connectivity index (χ1n) is 8.88. The molecule has 0 aliphatic rings. The Morgan fingerprint density at radius 3 is 2.36 bits per heavy atom. The van der Waals surface area contributed by atoms with Gasteiger partial charge in [-0.15, -0.1) is 0 Å². The van der Waals surface area contributed by atoms with Crippen molar-refractivity contribution in [2.75, 3.05) is 11.5 Å². The van der Waals surface area contributed by atoms with Crippen LogP contribution in [-0.2, 0) is 6.42 Å². The molecule has 3 aromatic rings. The van der Waals surface area contributed by atoms with Crippen LogP contribution in [0, 0.1) is 6.92 Å². The lowest BCUT2D eigenvalue weighted by Gasteiger charge is -2.15. The minimum absolute atomic E-state index is 0.740. The summed E-state index contributed by atoms with van der Waals surface area (Å²) < 4.78 is 0. The van der Waals surface area contributed by atoms with Crippen LogP contribution in [0.25, 0.3) is 16.8 Å². The van der Waals surface area contributed by atoms with Crippen molar-refractivity contribution in [2.45, 2.75) is 34.1 Å². The molecule has 3 rings (SSSR count). The molecule has 0 aromatic heterocycles. The van der Waals surface area contributed by atoms with Crippen molar-refractivity contribution in [2.24, 2.45) is 0 Å². The van der Waals surface area contributed by atoms with Gasteiger partial charge in [0.15, 0.2) is 0 Å². The van der Waals surface area contributed by atoms with Gasteiger partial charge in [-0.05, 0) is 47.6 Å². The molecule has 0 amide bonds. The number of hydrogen-bond acceptors (Lipinski definition) is 2. The molecule has 3 aromatic carbocycles. The van der Waals surface area contributed by atoms with Gasteiger partial charge in [-0.25, -0.2) is 0 Å². The van der Waals surface area contributed by atoms with Gasteiger partial charge in [-0.1, -0.05) is 68.5 Å². The molecule has 25 heavy (non-hydrogen) atoms. The Kier molecular flexibility index (Phi) is 6.24. The minimum atomic E-state index is 0.740. The number of allylic oxidation sites excluding steroid dienone is 1. The van der Waals surface area contributed by atoms with E-state index < -0.39 is 0 Å². The Labute approximate surface area is 151 Å². The molecule has 0 aliphatic heterocycles. The number of anilines is 2. The summed E-state index contributed by atoms with van der Waals surface area (Å²) in [6.07, 6.45) is 4.91. The zero-order valence-corrected chi connectivity index (χ0v) is 15.6. The monoisotopic (exact) mass is 332 g/mol. The van der Waals surface area contributed by atoms with E-state index in [9.17, 15) is 0 Å². The Morgan fingerprint density at radius 1 is 0.920 bits per heavy atom. The van der Waals surface area contributed by atoms with Crippen molar-refractivity contribution in [1.29, 1.82) is 0 Å². The second-order valence-corrected chi connectivity index (χ2v) is 5.90. The van der Waals surface area contributed by atoms with Crippen LogP contribution >= 0.6 is 0 Å². The van der Waals surface area contributed by atoms with Crippen LogP contribution in [0.4, 0.5) is 11.4 Å². The van der Waals surface area contributed by atoms with Gasteiger partial charge < -0.3 is 11.5 Å². The third kappa shape index (κ3) is 3.85. The van der Waals surface area contributed by atoms with Crippen LogP contribution in [0.1, 0.15) is 43.0 Å². The number of aryl methyl sites for hydroxylation is 1. The molecule has 2 nitrogen and oxygen atoms in total. The van der Waals surface area contributed by atoms with E-state index in [1.165, 1.54) is 16.5 Å². The van der Waals surface area contributed by atoms with E-state index in [-0.39, 0.29) is 0 Å². The fourth-order valence-electron chi connectivity index (χ4n) is 3.08. The molecule has 4 N–H and O–H groups in total. The fraction of sp³-hybridized carbons (Fsp3) is 0.217. The Hall–Kier alpha value is -2.74. The lowest BCUT2D eigenvalue weighted by molar-refractivity contribution is 1.18. The van der Waals surface area contributed by atoms with Crippen LogP contribution in [-0.4, -0.2) is 0 Å². The maximum atomic E-state index is 6.42. The summed E-state index contributed by atoms with van der Waals surface area (Å²) in [6.45, 7) is 8.14. The normalized spacial score (nSPS) is 10.7. The Bertz CT molecular complexity index is 892. The van der Waals surface area contributed by atoms with Gasteiger partial charge in [0.2, 0.25) is 0 Å². The molecule has 0 heterocycles. The average Bonchev–Trinajstić information content (AvgIpc) is 2.65. The van der Waals surface area contributed by atoms with Crippen LogP contribution < -0.4 is 11.5 Å². The number of hydrogen-bond donors (Lipinski definition) is 2. The van der Waals surface area contributed by atoms with E-state index in [4.69, 9.17) is 11.5 Å². The van der Waals surface area contributed by atoms with Gasteiger partial charge in [0.1, 0.15) is 0 Å². The van der Waals surface area contributed by atoms with E-state index in [1.807, 2.05) is 39.0 Å². The van der Waals surface area contributed by atoms with E-state index >= 15 is 0 Å². The Balaban J connectivity index is 0.00000109. The van der Waals surface area contributed by atoms with Crippen LogP contribution in [0.15, 0.2) is 54.6 Å². The summed E-state index contributed by atoms with van der Waals surface area (Å²) in [6, 6.07) is 16.5. The SMILES string of the molecule is C/C=C\c1c(C)ccc(N)c1Cc1ccc2ccccc2c1N.CC. The topological polar surface area (TPSA) is 52.0 Å². The van der Waals surface area contributed by atoms with Crippen molar-refractivity contribution in [1.82, 2.24) is 0 Å². The van der Waals surface area contributed by atoms with Crippen molar-refractivity contribution >= 4 is 28.2 Å². The Morgan fingerprint density at radius 2 is 1.64 bits per heavy atom. The third-order valence-electron chi connectivity index (χ3n) is 4.37. The first kappa shape index (κ1) is 18.6. The highest BCUT2D eigenvalue weighted by Crippen LogP contribution is 2.30. The first-order valence-corrected chi connectivity index (χ1v) is 8.88. The quantitative estimate of drug-likeness (QED) is 0.581. The zero-order valence-electron chi connectivity index (χ0n) is 15.6. The molecular formula is C23H28N2. The fourth-order valence-corrected chi connectivity index (χ4v) is 3.08. The molecule has 0 aliphatic carbocycles. The van der Waals surface area contributed by atoms with Gasteiger partial charge >= 0.3 is 0 Å². The first-order chi connectivity index (χ1) is 12.1. The van der Waals surface area contributed by atoms with Crippen molar-refractivity contribution in [3.8, 4) is 0 Å². The van der Waals surface area contributed by atoms with E-state index in [0.717, 1.165) is 34.3 Å². The van der Waals surface area contributed by atoms with E-state index in [1.54, 1.807) is 0 Å². The lowest BCUT2D eigenvalue weighted by Crippen LogP contribution is -2.03. The van der Waals surface area contributed by atoms with Gasteiger partial charge in [0.25, 0.3) is 0 Å². The largest absolute Gasteiger partial charge is 0.398 e. The number of nitrogens with two attached hydrogens (primary N) is 2. The molecule has 2 heteroatoms. The maximum Gasteiger partial charge on any atom is 0.0429 e. The summed E-state index contributed by atoms with van der Waals surface area (Å²) in [5.41, 5.74) is 19.0. The predicted octanol–water partition coefficient (Wildman–Crippen LogP) is 5.96. The molecule has 0 saturated carbocycles.